The Morgan fingerprint density at radius 2 is 1.67 bits per heavy atom. The molecule has 37 valence electrons. The third-order valence-electron chi connectivity index (χ3n) is 0.767. The first kappa shape index (κ1) is 6.48. The van der Waals surface area contributed by atoms with Crippen molar-refractivity contribution in [1.29, 1.82) is 0 Å². The molecular weight excluding hydrogens is 140 g/mol. The van der Waals surface area contributed by atoms with Gasteiger partial charge in [0.05, 0.1) is 0 Å². The summed E-state index contributed by atoms with van der Waals surface area (Å²) in [5, 5.41) is 0. The van der Waals surface area contributed by atoms with Crippen LogP contribution < -0.4 is 0 Å². The van der Waals surface area contributed by atoms with Gasteiger partial charge in [-0.25, -0.2) is 0 Å². The third kappa shape index (κ3) is 2.70. The van der Waals surface area contributed by atoms with Crippen LogP contribution in [0.4, 0.5) is 0 Å². The van der Waals surface area contributed by atoms with Gasteiger partial charge in [0.15, 0.2) is 0 Å². The van der Waals surface area contributed by atoms with Gasteiger partial charge in [-0.3, -0.25) is 0 Å². The number of hydrogen-bond acceptors (Lipinski definition) is 0. The molecule has 1 radical (unpaired) electrons. The standard InChI is InChI=1S/C5H10Br/c1-3-5(6)4-2/h3-4H2,1-2H3. The van der Waals surface area contributed by atoms with E-state index in [1.807, 2.05) is 0 Å². The predicted molar refractivity (Wildman–Crippen MR) is 32.8 cm³/mol. The zero-order valence-corrected chi connectivity index (χ0v) is 5.88. The van der Waals surface area contributed by atoms with Crippen LogP contribution in [0.5, 0.6) is 0 Å². The molecule has 0 heterocycles. The Morgan fingerprint density at radius 1 is 1.33 bits per heavy atom. The lowest BCUT2D eigenvalue weighted by Gasteiger charge is -1.95. The monoisotopic (exact) mass is 149 g/mol. The van der Waals surface area contributed by atoms with E-state index in [0.717, 1.165) is 12.8 Å². The highest BCUT2D eigenvalue weighted by Gasteiger charge is 1.92. The second-order valence-electron chi connectivity index (χ2n) is 1.22. The molecule has 0 unspecified atom stereocenters. The molecule has 0 aliphatic rings. The summed E-state index contributed by atoms with van der Waals surface area (Å²) < 4.78 is 0. The second kappa shape index (κ2) is 3.66. The molecular formula is C5H10Br. The summed E-state index contributed by atoms with van der Waals surface area (Å²) in [5.74, 6) is 0. The van der Waals surface area contributed by atoms with Gasteiger partial charge in [0.2, 0.25) is 0 Å². The SMILES string of the molecule is CC[C](Br)CC. The Kier molecular flexibility index (Phi) is 3.96. The third-order valence-corrected chi connectivity index (χ3v) is 1.89. The minimum atomic E-state index is 1.16. The van der Waals surface area contributed by atoms with E-state index >= 15 is 0 Å². The molecule has 0 N–H and O–H groups in total. The number of halogens is 1. The Morgan fingerprint density at radius 3 is 1.67 bits per heavy atom. The molecule has 0 atom stereocenters. The Labute approximate surface area is 48.1 Å². The molecule has 0 saturated heterocycles. The second-order valence-corrected chi connectivity index (χ2v) is 2.35. The summed E-state index contributed by atoms with van der Waals surface area (Å²) in [4.78, 5) is 1.41. The Bertz CT molecular complexity index is 23.1. The van der Waals surface area contributed by atoms with Crippen LogP contribution >= 0.6 is 15.9 Å². The molecule has 0 aromatic carbocycles. The lowest BCUT2D eigenvalue weighted by molar-refractivity contribution is 0.943. The molecule has 0 spiro atoms. The zero-order valence-electron chi connectivity index (χ0n) is 4.29. The van der Waals surface area contributed by atoms with Crippen molar-refractivity contribution in [2.24, 2.45) is 0 Å². The van der Waals surface area contributed by atoms with Crippen LogP contribution in [0.25, 0.3) is 0 Å². The van der Waals surface area contributed by atoms with Gasteiger partial charge in [-0.2, -0.15) is 0 Å². The van der Waals surface area contributed by atoms with Gasteiger partial charge in [0, 0.05) is 4.83 Å². The first-order valence-corrected chi connectivity index (χ1v) is 3.10. The Balaban J connectivity index is 2.75. The molecule has 0 bridgehead atoms. The van der Waals surface area contributed by atoms with Crippen LogP contribution in [0.2, 0.25) is 0 Å². The molecule has 0 amide bonds. The molecule has 0 aromatic rings. The van der Waals surface area contributed by atoms with Crippen molar-refractivity contribution < 1.29 is 0 Å². The summed E-state index contributed by atoms with van der Waals surface area (Å²) in [6.07, 6.45) is 2.33. The van der Waals surface area contributed by atoms with Crippen molar-refractivity contribution in [2.75, 3.05) is 0 Å². The van der Waals surface area contributed by atoms with Gasteiger partial charge >= 0.3 is 0 Å². The molecule has 0 fully saturated rings. The van der Waals surface area contributed by atoms with Crippen molar-refractivity contribution in [3.63, 3.8) is 0 Å². The molecule has 0 aromatic heterocycles. The van der Waals surface area contributed by atoms with Crippen molar-refractivity contribution in [3.05, 3.63) is 4.83 Å². The van der Waals surface area contributed by atoms with Crippen molar-refractivity contribution in [2.45, 2.75) is 26.7 Å². The lowest BCUT2D eigenvalue weighted by Crippen LogP contribution is -1.76. The predicted octanol–water partition coefficient (Wildman–Crippen LogP) is 2.73. The average Bonchev–Trinajstić information content (AvgIpc) is 1.65. The molecule has 0 aliphatic heterocycles. The van der Waals surface area contributed by atoms with E-state index in [1.54, 1.807) is 0 Å². The van der Waals surface area contributed by atoms with Crippen LogP contribution in [-0.4, -0.2) is 0 Å². The van der Waals surface area contributed by atoms with Gasteiger partial charge in [-0.05, 0) is 12.8 Å². The van der Waals surface area contributed by atoms with Gasteiger partial charge in [-0.1, -0.05) is 29.8 Å². The molecule has 0 saturated carbocycles. The van der Waals surface area contributed by atoms with Gasteiger partial charge in [-0.15, -0.1) is 0 Å². The van der Waals surface area contributed by atoms with Crippen molar-refractivity contribution in [1.82, 2.24) is 0 Å². The highest BCUT2D eigenvalue weighted by Crippen LogP contribution is 2.16. The minimum Gasteiger partial charge on any atom is -0.0838 e. The van der Waals surface area contributed by atoms with E-state index in [0.29, 0.717) is 0 Å². The van der Waals surface area contributed by atoms with Gasteiger partial charge in [0.1, 0.15) is 0 Å². The molecule has 1 heteroatoms. The summed E-state index contributed by atoms with van der Waals surface area (Å²) in [6, 6.07) is 0. The summed E-state index contributed by atoms with van der Waals surface area (Å²) in [6.45, 7) is 4.29. The van der Waals surface area contributed by atoms with Crippen LogP contribution in [0, 0.1) is 4.83 Å². The Hall–Kier alpha value is 0.480. The highest BCUT2D eigenvalue weighted by molar-refractivity contribution is 9.11. The number of hydrogen-bond donors (Lipinski definition) is 0. The largest absolute Gasteiger partial charge is 0.0838 e. The smallest absolute Gasteiger partial charge is 0.0405 e. The lowest BCUT2D eigenvalue weighted by atomic mass is 10.3. The summed E-state index contributed by atoms with van der Waals surface area (Å²) in [5.41, 5.74) is 0. The van der Waals surface area contributed by atoms with E-state index in [4.69, 9.17) is 0 Å². The van der Waals surface area contributed by atoms with Crippen LogP contribution in [0.3, 0.4) is 0 Å². The van der Waals surface area contributed by atoms with E-state index in [9.17, 15) is 0 Å². The van der Waals surface area contributed by atoms with Gasteiger partial charge < -0.3 is 0 Å². The maximum atomic E-state index is 3.39. The zero-order chi connectivity index (χ0) is 4.99. The van der Waals surface area contributed by atoms with E-state index < -0.39 is 0 Å². The van der Waals surface area contributed by atoms with Crippen LogP contribution in [0.15, 0.2) is 0 Å². The quantitative estimate of drug-likeness (QED) is 0.567. The topological polar surface area (TPSA) is 0 Å². The molecule has 0 nitrogen and oxygen atoms in total. The fraction of sp³-hybridized carbons (Fsp3) is 0.800. The van der Waals surface area contributed by atoms with E-state index in [1.165, 1.54) is 4.83 Å². The van der Waals surface area contributed by atoms with E-state index in [2.05, 4.69) is 29.8 Å². The molecule has 0 rings (SSSR count). The number of rotatable bonds is 2. The summed E-state index contributed by atoms with van der Waals surface area (Å²) in [7, 11) is 0. The fourth-order valence-electron chi connectivity index (χ4n) is 0.250. The van der Waals surface area contributed by atoms with Crippen LogP contribution in [-0.2, 0) is 0 Å². The first-order chi connectivity index (χ1) is 2.81. The maximum absolute atomic E-state index is 3.39. The summed E-state index contributed by atoms with van der Waals surface area (Å²) >= 11 is 3.39. The fourth-order valence-corrected chi connectivity index (χ4v) is 0.250. The normalized spacial score (nSPS) is 10.0. The minimum absolute atomic E-state index is 1.16. The molecule has 6 heavy (non-hydrogen) atoms. The van der Waals surface area contributed by atoms with E-state index in [-0.39, 0.29) is 0 Å². The van der Waals surface area contributed by atoms with Crippen molar-refractivity contribution in [3.8, 4) is 0 Å². The van der Waals surface area contributed by atoms with Crippen LogP contribution in [0.1, 0.15) is 26.7 Å². The average molecular weight is 150 g/mol. The van der Waals surface area contributed by atoms with Gasteiger partial charge in [0.25, 0.3) is 0 Å². The molecule has 0 aliphatic carbocycles. The maximum Gasteiger partial charge on any atom is 0.0405 e. The first-order valence-electron chi connectivity index (χ1n) is 2.31. The van der Waals surface area contributed by atoms with Crippen molar-refractivity contribution >= 4 is 15.9 Å². The highest BCUT2D eigenvalue weighted by atomic mass is 79.9.